The van der Waals surface area contributed by atoms with E-state index in [-0.39, 0.29) is 41.4 Å². The van der Waals surface area contributed by atoms with Crippen LogP contribution < -0.4 is 32.3 Å². The number of piperidine rings is 2. The summed E-state index contributed by atoms with van der Waals surface area (Å²) < 4.78 is 32.2. The number of amides is 4. The SMILES string of the molecule is CN/C=C(\C=N)c1cc2c(cc1C(F)F)N(C(N)C1=C(NC3CCN(C(=O)CCCN4CCN(Cc5ccc6c(c5)n(C)c(=O)n6C5CCC(=O)NC5=O)CC4)CC3)CCN(C(C)=O)C1)CCC2. The number of hydrogen-bond donors (Lipinski definition) is 5. The molecule has 6 N–H and O–H groups in total. The van der Waals surface area contributed by atoms with E-state index in [2.05, 4.69) is 25.8 Å². The molecular formula is C49H66F2N12O5. The zero-order chi connectivity index (χ0) is 48.2. The Labute approximate surface area is 395 Å². The first-order valence-corrected chi connectivity index (χ1v) is 24.1. The molecule has 0 aliphatic carbocycles. The van der Waals surface area contributed by atoms with E-state index in [9.17, 15) is 32.8 Å². The maximum absolute atomic E-state index is 14.6. The second kappa shape index (κ2) is 21.2. The fourth-order valence-electron chi connectivity index (χ4n) is 10.7. The molecule has 3 fully saturated rings. The zero-order valence-electron chi connectivity index (χ0n) is 39.5. The van der Waals surface area contributed by atoms with Crippen LogP contribution in [0.5, 0.6) is 0 Å². The summed E-state index contributed by atoms with van der Waals surface area (Å²) in [6.07, 6.45) is 4.59. The summed E-state index contributed by atoms with van der Waals surface area (Å²) in [5, 5.41) is 16.9. The minimum absolute atomic E-state index is 0.0505. The van der Waals surface area contributed by atoms with Gasteiger partial charge in [0.15, 0.2) is 0 Å². The second-order valence-electron chi connectivity index (χ2n) is 18.9. The fourth-order valence-corrected chi connectivity index (χ4v) is 10.7. The predicted octanol–water partition coefficient (Wildman–Crippen LogP) is 3.19. The molecule has 5 aliphatic heterocycles. The van der Waals surface area contributed by atoms with Crippen LogP contribution >= 0.6 is 0 Å². The Morgan fingerprint density at radius 1 is 0.926 bits per heavy atom. The number of fused-ring (bicyclic) bond motifs is 2. The number of benzene rings is 2. The van der Waals surface area contributed by atoms with E-state index in [4.69, 9.17) is 11.1 Å². The number of carbonyl (C=O) groups excluding carboxylic acids is 4. The van der Waals surface area contributed by atoms with Gasteiger partial charge in [0.1, 0.15) is 12.2 Å². The van der Waals surface area contributed by atoms with Gasteiger partial charge in [-0.25, -0.2) is 13.6 Å². The summed E-state index contributed by atoms with van der Waals surface area (Å²) in [7, 11) is 3.38. The van der Waals surface area contributed by atoms with E-state index in [1.165, 1.54) is 10.6 Å². The van der Waals surface area contributed by atoms with Crippen molar-refractivity contribution in [2.24, 2.45) is 12.8 Å². The molecule has 1 aromatic heterocycles. The lowest BCUT2D eigenvalue weighted by Crippen LogP contribution is -2.53. The summed E-state index contributed by atoms with van der Waals surface area (Å²) >= 11 is 0. The van der Waals surface area contributed by atoms with Crippen LogP contribution in [0.2, 0.25) is 0 Å². The first kappa shape index (κ1) is 48.5. The molecule has 0 bridgehead atoms. The molecule has 4 amide bonds. The number of imidazole rings is 1. The Hall–Kier alpha value is -5.92. The number of nitrogens with two attached hydrogens (primary N) is 1. The molecule has 6 heterocycles. The van der Waals surface area contributed by atoms with Crippen LogP contribution in [-0.2, 0) is 39.2 Å². The number of anilines is 1. The van der Waals surface area contributed by atoms with Crippen LogP contribution in [0.1, 0.15) is 93.0 Å². The monoisotopic (exact) mass is 941 g/mol. The third-order valence-corrected chi connectivity index (χ3v) is 14.6. The van der Waals surface area contributed by atoms with Crippen LogP contribution in [0.15, 0.2) is 52.6 Å². The molecule has 17 nitrogen and oxygen atoms in total. The molecule has 366 valence electrons. The Balaban J connectivity index is 0.820. The zero-order valence-corrected chi connectivity index (χ0v) is 39.5. The third kappa shape index (κ3) is 10.4. The number of carbonyl (C=O) groups is 4. The number of nitrogens with zero attached hydrogens (tertiary/aromatic N) is 7. The highest BCUT2D eigenvalue weighted by Crippen LogP contribution is 2.38. The maximum Gasteiger partial charge on any atom is 0.329 e. The second-order valence-corrected chi connectivity index (χ2v) is 18.9. The van der Waals surface area contributed by atoms with Gasteiger partial charge >= 0.3 is 5.69 Å². The number of nitrogens with one attached hydrogen (secondary N) is 4. The summed E-state index contributed by atoms with van der Waals surface area (Å²) in [5.41, 5.74) is 13.3. The molecule has 68 heavy (non-hydrogen) atoms. The average Bonchev–Trinajstić information content (AvgIpc) is 3.57. The normalized spacial score (nSPS) is 20.8. The Morgan fingerprint density at radius 3 is 2.37 bits per heavy atom. The number of halogens is 2. The molecule has 2 aromatic carbocycles. The van der Waals surface area contributed by atoms with E-state index >= 15 is 0 Å². The third-order valence-electron chi connectivity index (χ3n) is 14.6. The minimum atomic E-state index is -2.76. The molecule has 3 aromatic rings. The van der Waals surface area contributed by atoms with Crippen LogP contribution in [0.25, 0.3) is 16.6 Å². The van der Waals surface area contributed by atoms with E-state index in [0.717, 1.165) is 99.1 Å². The van der Waals surface area contributed by atoms with Crippen LogP contribution in [0.4, 0.5) is 14.5 Å². The first-order chi connectivity index (χ1) is 32.7. The van der Waals surface area contributed by atoms with Crippen molar-refractivity contribution < 1.29 is 28.0 Å². The van der Waals surface area contributed by atoms with Gasteiger partial charge in [-0.05, 0) is 86.0 Å². The van der Waals surface area contributed by atoms with Gasteiger partial charge in [-0.1, -0.05) is 6.07 Å². The summed E-state index contributed by atoms with van der Waals surface area (Å²) in [6.45, 7) is 9.42. The van der Waals surface area contributed by atoms with E-state index in [1.807, 2.05) is 28.0 Å². The number of aryl methyl sites for hydroxylation is 2. The molecule has 3 saturated heterocycles. The van der Waals surface area contributed by atoms with Gasteiger partial charge in [-0.3, -0.25) is 38.5 Å². The molecule has 5 aliphatic rings. The largest absolute Gasteiger partial charge is 0.393 e. The Kier molecular flexibility index (Phi) is 15.1. The summed E-state index contributed by atoms with van der Waals surface area (Å²) in [6, 6.07) is 8.62. The van der Waals surface area contributed by atoms with Crippen molar-refractivity contribution in [3.8, 4) is 0 Å². The van der Waals surface area contributed by atoms with Crippen molar-refractivity contribution in [1.29, 1.82) is 5.41 Å². The molecule has 2 unspecified atom stereocenters. The van der Waals surface area contributed by atoms with Crippen molar-refractivity contribution >= 4 is 52.1 Å². The first-order valence-electron chi connectivity index (χ1n) is 24.1. The molecule has 0 saturated carbocycles. The summed E-state index contributed by atoms with van der Waals surface area (Å²) in [4.78, 5) is 74.1. The van der Waals surface area contributed by atoms with Crippen molar-refractivity contribution in [3.05, 3.63) is 80.5 Å². The Bertz CT molecular complexity index is 2540. The number of allylic oxidation sites excluding steroid dienone is 1. The topological polar surface area (TPSA) is 197 Å². The van der Waals surface area contributed by atoms with Crippen molar-refractivity contribution in [3.63, 3.8) is 0 Å². The van der Waals surface area contributed by atoms with Gasteiger partial charge in [0.2, 0.25) is 23.6 Å². The number of alkyl halides is 2. The minimum Gasteiger partial charge on any atom is -0.393 e. The van der Waals surface area contributed by atoms with E-state index in [0.29, 0.717) is 80.7 Å². The van der Waals surface area contributed by atoms with Gasteiger partial charge < -0.3 is 41.4 Å². The number of piperazine rings is 1. The Morgan fingerprint density at radius 2 is 1.68 bits per heavy atom. The fraction of sp³-hybridized carbons (Fsp3) is 0.551. The number of hydrogen-bond acceptors (Lipinski definition) is 12. The van der Waals surface area contributed by atoms with Crippen LogP contribution in [-0.4, -0.2) is 143 Å². The molecule has 0 radical (unpaired) electrons. The number of likely N-dealkylation sites (tertiary alicyclic amines) is 1. The molecular weight excluding hydrogens is 875 g/mol. The van der Waals surface area contributed by atoms with Gasteiger partial charge in [0.25, 0.3) is 6.43 Å². The van der Waals surface area contributed by atoms with Gasteiger partial charge in [0, 0.05) is 152 Å². The van der Waals surface area contributed by atoms with Crippen LogP contribution in [0.3, 0.4) is 0 Å². The van der Waals surface area contributed by atoms with Crippen molar-refractivity contribution in [2.45, 2.75) is 95.9 Å². The number of imide groups is 1. The summed E-state index contributed by atoms with van der Waals surface area (Å²) in [5.74, 6) is -0.646. The standard InChI is InChI=1S/C49H66F2N12O5/c1-31(64)61-19-14-39(38(30-61)47(53)62-16-4-6-33-25-36(34(27-52)28-54-2)37(46(50)51)26-42(33)62)55-35-12-17-60(18-13-35)45(66)7-5-15-58-20-22-59(23-21-58)29-32-8-9-40-43(24-32)57(3)49(68)63(40)41-10-11-44(65)56-48(41)67/h8-9,24-28,35,41,46-47,52,54-55H,4-7,10-23,29-30,53H2,1-3H3,(H,56,65,67)/b34-28+,52-27?. The van der Waals surface area contributed by atoms with Gasteiger partial charge in [-0.2, -0.15) is 0 Å². The molecule has 8 rings (SSSR count). The number of aromatic nitrogens is 2. The van der Waals surface area contributed by atoms with Gasteiger partial charge in [0.05, 0.1) is 11.0 Å². The maximum atomic E-state index is 14.6. The number of rotatable bonds is 15. The lowest BCUT2D eigenvalue weighted by atomic mass is 9.91. The highest BCUT2D eigenvalue weighted by Gasteiger charge is 2.35. The van der Waals surface area contributed by atoms with Crippen LogP contribution in [0, 0.1) is 5.41 Å². The average molecular weight is 941 g/mol. The smallest absolute Gasteiger partial charge is 0.329 e. The van der Waals surface area contributed by atoms with E-state index in [1.54, 1.807) is 42.8 Å². The van der Waals surface area contributed by atoms with E-state index < -0.39 is 24.5 Å². The molecule has 19 heteroatoms. The van der Waals surface area contributed by atoms with Crippen molar-refractivity contribution in [2.75, 3.05) is 77.4 Å². The molecule has 2 atom stereocenters. The predicted molar refractivity (Wildman–Crippen MR) is 257 cm³/mol. The highest BCUT2D eigenvalue weighted by molar-refractivity contribution is 6.09. The lowest BCUT2D eigenvalue weighted by molar-refractivity contribution is -0.136. The highest BCUT2D eigenvalue weighted by atomic mass is 19.3. The molecule has 0 spiro atoms. The lowest BCUT2D eigenvalue weighted by Gasteiger charge is -2.42. The quantitative estimate of drug-likeness (QED) is 0.111. The van der Waals surface area contributed by atoms with Gasteiger partial charge in [-0.15, -0.1) is 0 Å². The van der Waals surface area contributed by atoms with Crippen molar-refractivity contribution in [1.82, 2.24) is 44.7 Å².